The van der Waals surface area contributed by atoms with E-state index in [9.17, 15) is 0 Å². The standard InChI is InChI=1S/C12H24N2O2/c1-7-9(3)15-11(5,13-7)12(6)14-8(2)10(4)16-12/h7-10,13-14H,1-6H3. The molecule has 0 aliphatic carbocycles. The summed E-state index contributed by atoms with van der Waals surface area (Å²) < 4.78 is 12.1. The molecule has 0 aromatic heterocycles. The predicted molar refractivity (Wildman–Crippen MR) is 63.1 cm³/mol. The van der Waals surface area contributed by atoms with Gasteiger partial charge < -0.3 is 9.47 Å². The Morgan fingerprint density at radius 3 is 1.25 bits per heavy atom. The summed E-state index contributed by atoms with van der Waals surface area (Å²) in [4.78, 5) is 0. The van der Waals surface area contributed by atoms with Gasteiger partial charge >= 0.3 is 0 Å². The fourth-order valence-electron chi connectivity index (χ4n) is 2.62. The Hall–Kier alpha value is -0.160. The molecular formula is C12H24N2O2. The molecule has 16 heavy (non-hydrogen) atoms. The van der Waals surface area contributed by atoms with E-state index in [0.29, 0.717) is 12.1 Å². The van der Waals surface area contributed by atoms with E-state index in [1.165, 1.54) is 0 Å². The summed E-state index contributed by atoms with van der Waals surface area (Å²) in [7, 11) is 0. The third-order valence-corrected chi connectivity index (χ3v) is 4.17. The molecular weight excluding hydrogens is 204 g/mol. The van der Waals surface area contributed by atoms with Crippen molar-refractivity contribution in [3.63, 3.8) is 0 Å². The molecule has 0 bridgehead atoms. The Balaban J connectivity index is 2.19. The average Bonchev–Trinajstić information content (AvgIpc) is 2.55. The lowest BCUT2D eigenvalue weighted by Gasteiger charge is -2.40. The van der Waals surface area contributed by atoms with Crippen molar-refractivity contribution in [2.75, 3.05) is 0 Å². The molecule has 0 aromatic carbocycles. The van der Waals surface area contributed by atoms with Gasteiger partial charge in [0.2, 0.25) is 0 Å². The number of hydrogen-bond acceptors (Lipinski definition) is 4. The van der Waals surface area contributed by atoms with Crippen molar-refractivity contribution in [3.8, 4) is 0 Å². The summed E-state index contributed by atoms with van der Waals surface area (Å²) in [5.74, 6) is 0. The first-order valence-corrected chi connectivity index (χ1v) is 6.18. The van der Waals surface area contributed by atoms with Crippen LogP contribution in [0, 0.1) is 0 Å². The quantitative estimate of drug-likeness (QED) is 0.708. The largest absolute Gasteiger partial charge is 0.352 e. The van der Waals surface area contributed by atoms with E-state index < -0.39 is 11.4 Å². The number of hydrogen-bond donors (Lipinski definition) is 2. The normalized spacial score (nSPS) is 58.1. The van der Waals surface area contributed by atoms with Crippen LogP contribution in [0.25, 0.3) is 0 Å². The molecule has 4 nitrogen and oxygen atoms in total. The van der Waals surface area contributed by atoms with Crippen LogP contribution in [-0.4, -0.2) is 35.7 Å². The monoisotopic (exact) mass is 228 g/mol. The van der Waals surface area contributed by atoms with E-state index in [0.717, 1.165) is 0 Å². The molecule has 2 fully saturated rings. The van der Waals surface area contributed by atoms with Crippen LogP contribution in [0.2, 0.25) is 0 Å². The topological polar surface area (TPSA) is 42.5 Å². The fourth-order valence-corrected chi connectivity index (χ4v) is 2.62. The van der Waals surface area contributed by atoms with E-state index >= 15 is 0 Å². The molecule has 2 saturated heterocycles. The molecule has 0 amide bonds. The van der Waals surface area contributed by atoms with E-state index in [2.05, 4.69) is 52.2 Å². The Bertz CT molecular complexity index is 234. The minimum absolute atomic E-state index is 0.207. The van der Waals surface area contributed by atoms with Crippen LogP contribution >= 0.6 is 0 Å². The maximum atomic E-state index is 6.05. The van der Waals surface area contributed by atoms with E-state index in [-0.39, 0.29) is 12.2 Å². The summed E-state index contributed by atoms with van der Waals surface area (Å²) in [6.45, 7) is 12.6. The fraction of sp³-hybridized carbons (Fsp3) is 1.00. The van der Waals surface area contributed by atoms with Gasteiger partial charge in [-0.3, -0.25) is 10.6 Å². The van der Waals surface area contributed by atoms with Crippen LogP contribution in [-0.2, 0) is 9.47 Å². The number of nitrogens with one attached hydrogen (secondary N) is 2. The number of rotatable bonds is 1. The highest BCUT2D eigenvalue weighted by atomic mass is 16.6. The Morgan fingerprint density at radius 2 is 1.06 bits per heavy atom. The molecule has 94 valence electrons. The summed E-state index contributed by atoms with van der Waals surface area (Å²) in [5, 5.41) is 6.99. The SMILES string of the molecule is CC1NC(C)(C2(C)NC(C)C(C)O2)OC1C. The van der Waals surface area contributed by atoms with Crippen molar-refractivity contribution in [3.05, 3.63) is 0 Å². The van der Waals surface area contributed by atoms with Crippen molar-refractivity contribution in [2.45, 2.75) is 77.3 Å². The minimum atomic E-state index is -0.467. The van der Waals surface area contributed by atoms with Crippen molar-refractivity contribution >= 4 is 0 Å². The van der Waals surface area contributed by atoms with Crippen LogP contribution in [0.4, 0.5) is 0 Å². The van der Waals surface area contributed by atoms with Crippen molar-refractivity contribution < 1.29 is 9.47 Å². The lowest BCUT2D eigenvalue weighted by molar-refractivity contribution is -0.191. The summed E-state index contributed by atoms with van der Waals surface area (Å²) in [5.41, 5.74) is -0.935. The lowest BCUT2D eigenvalue weighted by Crippen LogP contribution is -2.64. The first-order valence-electron chi connectivity index (χ1n) is 6.18. The zero-order valence-corrected chi connectivity index (χ0v) is 11.1. The van der Waals surface area contributed by atoms with E-state index in [1.807, 2.05) is 0 Å². The minimum Gasteiger partial charge on any atom is -0.352 e. The molecule has 6 unspecified atom stereocenters. The van der Waals surface area contributed by atoms with Gasteiger partial charge in [0.05, 0.1) is 12.2 Å². The summed E-state index contributed by atoms with van der Waals surface area (Å²) >= 11 is 0. The Kier molecular flexibility index (Phi) is 2.82. The van der Waals surface area contributed by atoms with Gasteiger partial charge in [-0.25, -0.2) is 0 Å². The van der Waals surface area contributed by atoms with E-state index in [4.69, 9.17) is 9.47 Å². The van der Waals surface area contributed by atoms with Gasteiger partial charge in [-0.1, -0.05) is 0 Å². The third-order valence-electron chi connectivity index (χ3n) is 4.17. The smallest absolute Gasteiger partial charge is 0.159 e. The van der Waals surface area contributed by atoms with Crippen LogP contribution in [0.3, 0.4) is 0 Å². The van der Waals surface area contributed by atoms with Crippen molar-refractivity contribution in [1.82, 2.24) is 10.6 Å². The second-order valence-corrected chi connectivity index (χ2v) is 5.58. The maximum absolute atomic E-state index is 6.05. The summed E-state index contributed by atoms with van der Waals surface area (Å²) in [6.07, 6.45) is 0.414. The molecule has 0 aromatic rings. The lowest BCUT2D eigenvalue weighted by atomic mass is 10.0. The van der Waals surface area contributed by atoms with Gasteiger partial charge in [-0.2, -0.15) is 0 Å². The zero-order valence-electron chi connectivity index (χ0n) is 11.1. The van der Waals surface area contributed by atoms with Crippen LogP contribution in [0.15, 0.2) is 0 Å². The van der Waals surface area contributed by atoms with Crippen LogP contribution in [0.1, 0.15) is 41.5 Å². The van der Waals surface area contributed by atoms with Gasteiger partial charge in [0, 0.05) is 12.1 Å². The van der Waals surface area contributed by atoms with Crippen LogP contribution in [0.5, 0.6) is 0 Å². The third kappa shape index (κ3) is 1.68. The zero-order chi connectivity index (χ0) is 12.1. The second kappa shape index (κ2) is 3.67. The Morgan fingerprint density at radius 1 is 0.750 bits per heavy atom. The number of ether oxygens (including phenoxy) is 2. The first-order chi connectivity index (χ1) is 7.27. The average molecular weight is 228 g/mol. The van der Waals surface area contributed by atoms with Gasteiger partial charge in [-0.05, 0) is 41.5 Å². The highest BCUT2D eigenvalue weighted by molar-refractivity contribution is 5.04. The molecule has 0 radical (unpaired) electrons. The molecule has 0 spiro atoms. The molecule has 2 aliphatic heterocycles. The van der Waals surface area contributed by atoms with Gasteiger partial charge in [0.15, 0.2) is 11.4 Å². The van der Waals surface area contributed by atoms with Crippen molar-refractivity contribution in [1.29, 1.82) is 0 Å². The molecule has 4 heteroatoms. The molecule has 0 saturated carbocycles. The van der Waals surface area contributed by atoms with Gasteiger partial charge in [0.1, 0.15) is 0 Å². The van der Waals surface area contributed by atoms with Gasteiger partial charge in [-0.15, -0.1) is 0 Å². The molecule has 2 N–H and O–H groups in total. The Labute approximate surface area is 98.1 Å². The molecule has 6 atom stereocenters. The van der Waals surface area contributed by atoms with E-state index in [1.54, 1.807) is 0 Å². The maximum Gasteiger partial charge on any atom is 0.159 e. The molecule has 2 heterocycles. The van der Waals surface area contributed by atoms with Crippen LogP contribution < -0.4 is 10.6 Å². The first kappa shape index (κ1) is 12.3. The predicted octanol–water partition coefficient (Wildman–Crippen LogP) is 1.21. The second-order valence-electron chi connectivity index (χ2n) is 5.58. The highest BCUT2D eigenvalue weighted by Gasteiger charge is 2.57. The highest BCUT2D eigenvalue weighted by Crippen LogP contribution is 2.37. The molecule has 2 rings (SSSR count). The van der Waals surface area contributed by atoms with Crippen molar-refractivity contribution in [2.24, 2.45) is 0 Å². The van der Waals surface area contributed by atoms with Gasteiger partial charge in [0.25, 0.3) is 0 Å². The molecule has 2 aliphatic rings. The summed E-state index contributed by atoms with van der Waals surface area (Å²) in [6, 6.07) is 0.692.